The molecule has 0 saturated heterocycles. The summed E-state index contributed by atoms with van der Waals surface area (Å²) in [6, 6.07) is 8.11. The monoisotopic (exact) mass is 296 g/mol. The minimum atomic E-state index is 0.523. The smallest absolute Gasteiger partial charge is 0.170 e. The van der Waals surface area contributed by atoms with Gasteiger partial charge in [0, 0.05) is 16.8 Å². The maximum absolute atomic E-state index is 5.85. The number of hydrogen-bond acceptors (Lipinski definition) is 1. The van der Waals surface area contributed by atoms with E-state index in [0.717, 1.165) is 16.6 Å². The average molecular weight is 297 g/mol. The Balaban J connectivity index is 1.77. The molecule has 1 aliphatic carbocycles. The maximum atomic E-state index is 5.85. The first-order valence-corrected chi connectivity index (χ1v) is 7.79. The number of rotatable bonds is 3. The van der Waals surface area contributed by atoms with Crippen molar-refractivity contribution in [2.75, 3.05) is 5.32 Å². The van der Waals surface area contributed by atoms with E-state index in [-0.39, 0.29) is 0 Å². The largest absolute Gasteiger partial charge is 0.360 e. The lowest BCUT2D eigenvalue weighted by Gasteiger charge is -2.29. The highest BCUT2D eigenvalue weighted by atomic mass is 35.5. The van der Waals surface area contributed by atoms with Crippen molar-refractivity contribution in [2.24, 2.45) is 5.92 Å². The van der Waals surface area contributed by atoms with Gasteiger partial charge in [0.15, 0.2) is 5.11 Å². The molecule has 0 unspecified atom stereocenters. The molecule has 0 bridgehead atoms. The van der Waals surface area contributed by atoms with E-state index in [1.54, 1.807) is 0 Å². The molecule has 0 atom stereocenters. The summed E-state index contributed by atoms with van der Waals surface area (Å²) in [7, 11) is 0. The van der Waals surface area contributed by atoms with Gasteiger partial charge in [0.1, 0.15) is 0 Å². The summed E-state index contributed by atoms with van der Waals surface area (Å²) in [4.78, 5) is 0. The van der Waals surface area contributed by atoms with Crippen molar-refractivity contribution >= 4 is 34.6 Å². The lowest BCUT2D eigenvalue weighted by molar-refractivity contribution is 0.306. The molecule has 0 amide bonds. The fourth-order valence-corrected chi connectivity index (χ4v) is 3.01. The van der Waals surface area contributed by atoms with E-state index in [1.165, 1.54) is 32.1 Å². The van der Waals surface area contributed by atoms with Crippen molar-refractivity contribution in [1.82, 2.24) is 5.32 Å². The molecule has 0 heterocycles. The molecule has 1 aliphatic rings. The molecule has 19 heavy (non-hydrogen) atoms. The molecule has 1 fully saturated rings. The number of halogens is 1. The molecule has 1 saturated carbocycles. The second-order valence-electron chi connectivity index (χ2n) is 5.23. The molecule has 4 heteroatoms. The van der Waals surface area contributed by atoms with Crippen LogP contribution in [-0.4, -0.2) is 11.2 Å². The summed E-state index contributed by atoms with van der Waals surface area (Å²) in [5.41, 5.74) is 0.976. The first-order chi connectivity index (χ1) is 9.17. The Morgan fingerprint density at radius 1 is 1.21 bits per heavy atom. The molecular weight excluding hydrogens is 276 g/mol. The second kappa shape index (κ2) is 7.11. The molecule has 0 aliphatic heterocycles. The minimum Gasteiger partial charge on any atom is -0.360 e. The minimum absolute atomic E-state index is 0.523. The third kappa shape index (κ3) is 4.66. The Morgan fingerprint density at radius 2 is 1.84 bits per heavy atom. The van der Waals surface area contributed by atoms with Gasteiger partial charge < -0.3 is 10.6 Å². The van der Waals surface area contributed by atoms with Crippen molar-refractivity contribution in [1.29, 1.82) is 0 Å². The molecule has 1 aromatic carbocycles. The molecule has 2 rings (SSSR count). The maximum Gasteiger partial charge on any atom is 0.170 e. The topological polar surface area (TPSA) is 24.1 Å². The van der Waals surface area contributed by atoms with Crippen LogP contribution in [0.1, 0.15) is 39.0 Å². The van der Waals surface area contributed by atoms with Crippen molar-refractivity contribution in [3.8, 4) is 0 Å². The first kappa shape index (κ1) is 14.6. The molecule has 0 spiro atoms. The van der Waals surface area contributed by atoms with Crippen molar-refractivity contribution < 1.29 is 0 Å². The Hall–Kier alpha value is -0.800. The Kier molecular flexibility index (Phi) is 5.46. The zero-order valence-corrected chi connectivity index (χ0v) is 12.9. The fraction of sp³-hybridized carbons (Fsp3) is 0.533. The summed E-state index contributed by atoms with van der Waals surface area (Å²) in [5, 5.41) is 8.07. The van der Waals surface area contributed by atoms with Crippen molar-refractivity contribution in [3.05, 3.63) is 29.3 Å². The van der Waals surface area contributed by atoms with Gasteiger partial charge in [0.2, 0.25) is 0 Å². The lowest BCUT2D eigenvalue weighted by atomic mass is 9.85. The van der Waals surface area contributed by atoms with E-state index in [2.05, 4.69) is 17.6 Å². The van der Waals surface area contributed by atoms with Crippen LogP contribution >= 0.6 is 23.8 Å². The van der Waals surface area contributed by atoms with Crippen LogP contribution < -0.4 is 10.6 Å². The van der Waals surface area contributed by atoms with Crippen LogP contribution in [0.4, 0.5) is 5.69 Å². The second-order valence-corrected chi connectivity index (χ2v) is 6.08. The lowest BCUT2D eigenvalue weighted by Crippen LogP contribution is -2.39. The van der Waals surface area contributed by atoms with Gasteiger partial charge in [-0.1, -0.05) is 24.9 Å². The molecule has 1 aromatic rings. The van der Waals surface area contributed by atoms with Crippen LogP contribution in [0, 0.1) is 5.92 Å². The first-order valence-electron chi connectivity index (χ1n) is 7.00. The van der Waals surface area contributed by atoms with Crippen LogP contribution in [0.5, 0.6) is 0 Å². The number of hydrogen-bond donors (Lipinski definition) is 2. The van der Waals surface area contributed by atoms with Gasteiger partial charge in [0.05, 0.1) is 0 Å². The van der Waals surface area contributed by atoms with Crippen LogP contribution in [0.25, 0.3) is 0 Å². The quantitative estimate of drug-likeness (QED) is 0.798. The molecule has 2 nitrogen and oxygen atoms in total. The molecule has 104 valence electrons. The van der Waals surface area contributed by atoms with Crippen LogP contribution in [0.3, 0.4) is 0 Å². The third-order valence-corrected chi connectivity index (χ3v) is 4.33. The number of benzene rings is 1. The summed E-state index contributed by atoms with van der Waals surface area (Å²) in [5.74, 6) is 0.913. The Morgan fingerprint density at radius 3 is 2.42 bits per heavy atom. The highest BCUT2D eigenvalue weighted by Crippen LogP contribution is 2.26. The summed E-state index contributed by atoms with van der Waals surface area (Å²) in [6.45, 7) is 2.28. The predicted octanol–water partition coefficient (Wildman–Crippen LogP) is 4.60. The summed E-state index contributed by atoms with van der Waals surface area (Å²) >= 11 is 11.2. The zero-order valence-electron chi connectivity index (χ0n) is 11.3. The predicted molar refractivity (Wildman–Crippen MR) is 86.8 cm³/mol. The molecular formula is C15H21ClN2S. The van der Waals surface area contributed by atoms with Gasteiger partial charge in [-0.2, -0.15) is 0 Å². The molecule has 0 aromatic heterocycles. The van der Waals surface area contributed by atoms with E-state index < -0.39 is 0 Å². The average Bonchev–Trinajstić information content (AvgIpc) is 2.42. The van der Waals surface area contributed by atoms with Gasteiger partial charge in [-0.05, 0) is 68.1 Å². The number of nitrogens with one attached hydrogen (secondary N) is 2. The van der Waals surface area contributed by atoms with Gasteiger partial charge in [-0.3, -0.25) is 0 Å². The van der Waals surface area contributed by atoms with E-state index in [4.69, 9.17) is 23.8 Å². The van der Waals surface area contributed by atoms with E-state index >= 15 is 0 Å². The molecule has 2 N–H and O–H groups in total. The number of thiocarbonyl (C=S) groups is 1. The summed E-state index contributed by atoms with van der Waals surface area (Å²) in [6.07, 6.45) is 6.39. The van der Waals surface area contributed by atoms with Crippen LogP contribution in [-0.2, 0) is 0 Å². The third-order valence-electron chi connectivity index (χ3n) is 3.86. The normalized spacial score (nSPS) is 22.8. The highest BCUT2D eigenvalue weighted by Gasteiger charge is 2.20. The highest BCUT2D eigenvalue weighted by molar-refractivity contribution is 7.80. The standard InChI is InChI=1S/C15H21ClN2S/c1-2-11-3-7-13(8-4-11)17-15(19)18-14-9-5-12(16)6-10-14/h5-6,9-11,13H,2-4,7-8H2,1H3,(H2,17,18,19). The van der Waals surface area contributed by atoms with Gasteiger partial charge in [-0.25, -0.2) is 0 Å². The van der Waals surface area contributed by atoms with Gasteiger partial charge in [0.25, 0.3) is 0 Å². The van der Waals surface area contributed by atoms with E-state index in [0.29, 0.717) is 11.2 Å². The van der Waals surface area contributed by atoms with Gasteiger partial charge in [-0.15, -0.1) is 0 Å². The SMILES string of the molecule is CCC1CCC(NC(=S)Nc2ccc(Cl)cc2)CC1. The van der Waals surface area contributed by atoms with Crippen LogP contribution in [0.2, 0.25) is 5.02 Å². The van der Waals surface area contributed by atoms with Crippen LogP contribution in [0.15, 0.2) is 24.3 Å². The summed E-state index contributed by atoms with van der Waals surface area (Å²) < 4.78 is 0. The number of anilines is 1. The van der Waals surface area contributed by atoms with Crippen molar-refractivity contribution in [3.63, 3.8) is 0 Å². The van der Waals surface area contributed by atoms with E-state index in [9.17, 15) is 0 Å². The fourth-order valence-electron chi connectivity index (χ4n) is 2.60. The Labute approximate surface area is 125 Å². The van der Waals surface area contributed by atoms with Crippen molar-refractivity contribution in [2.45, 2.75) is 45.1 Å². The Bertz CT molecular complexity index is 411. The van der Waals surface area contributed by atoms with E-state index in [1.807, 2.05) is 24.3 Å². The zero-order chi connectivity index (χ0) is 13.7. The molecule has 0 radical (unpaired) electrons. The van der Waals surface area contributed by atoms with Gasteiger partial charge >= 0.3 is 0 Å².